The summed E-state index contributed by atoms with van der Waals surface area (Å²) in [4.78, 5) is 35.1. The lowest BCUT2D eigenvalue weighted by Gasteiger charge is -2.19. The van der Waals surface area contributed by atoms with Crippen molar-refractivity contribution in [1.82, 2.24) is 5.32 Å². The van der Waals surface area contributed by atoms with E-state index in [4.69, 9.17) is 16.7 Å². The highest BCUT2D eigenvalue weighted by molar-refractivity contribution is 6.33. The zero-order chi connectivity index (χ0) is 20.2. The van der Waals surface area contributed by atoms with Crippen LogP contribution in [-0.2, 0) is 10.2 Å². The van der Waals surface area contributed by atoms with Crippen molar-refractivity contribution in [3.8, 4) is 0 Å². The maximum absolute atomic E-state index is 12.2. The fraction of sp³-hybridized carbons (Fsp3) is 0.250. The van der Waals surface area contributed by atoms with Crippen LogP contribution in [-0.4, -0.2) is 29.4 Å². The van der Waals surface area contributed by atoms with Crippen LogP contribution < -0.4 is 10.6 Å². The molecule has 0 aliphatic carbocycles. The van der Waals surface area contributed by atoms with E-state index in [1.54, 1.807) is 12.1 Å². The predicted octanol–water partition coefficient (Wildman–Crippen LogP) is 3.70. The Morgan fingerprint density at radius 2 is 1.67 bits per heavy atom. The van der Waals surface area contributed by atoms with Crippen LogP contribution in [0.2, 0.25) is 5.02 Å². The smallest absolute Gasteiger partial charge is 0.337 e. The number of halogens is 1. The van der Waals surface area contributed by atoms with Gasteiger partial charge in [0.25, 0.3) is 5.91 Å². The Bertz CT molecular complexity index is 871. The highest BCUT2D eigenvalue weighted by Gasteiger charge is 2.15. The van der Waals surface area contributed by atoms with Crippen molar-refractivity contribution < 1.29 is 19.5 Å². The first-order valence-corrected chi connectivity index (χ1v) is 8.67. The van der Waals surface area contributed by atoms with Gasteiger partial charge in [0.2, 0.25) is 5.91 Å². The molecule has 6 nitrogen and oxygen atoms in total. The van der Waals surface area contributed by atoms with Crippen LogP contribution in [0.15, 0.2) is 42.5 Å². The molecule has 27 heavy (non-hydrogen) atoms. The van der Waals surface area contributed by atoms with Crippen molar-refractivity contribution in [1.29, 1.82) is 0 Å². The Labute approximate surface area is 162 Å². The molecule has 0 aromatic heterocycles. The van der Waals surface area contributed by atoms with Gasteiger partial charge in [-0.3, -0.25) is 9.59 Å². The van der Waals surface area contributed by atoms with Crippen LogP contribution in [0.3, 0.4) is 0 Å². The van der Waals surface area contributed by atoms with E-state index in [2.05, 4.69) is 31.4 Å². The molecule has 0 unspecified atom stereocenters. The molecule has 2 amide bonds. The fourth-order valence-electron chi connectivity index (χ4n) is 2.36. The van der Waals surface area contributed by atoms with Crippen LogP contribution in [0, 0.1) is 0 Å². The van der Waals surface area contributed by atoms with Crippen molar-refractivity contribution in [2.24, 2.45) is 0 Å². The Kier molecular flexibility index (Phi) is 6.23. The number of rotatable bonds is 5. The molecule has 0 bridgehead atoms. The van der Waals surface area contributed by atoms with Crippen LogP contribution in [0.5, 0.6) is 0 Å². The summed E-state index contributed by atoms with van der Waals surface area (Å²) in [6.45, 7) is 6.03. The van der Waals surface area contributed by atoms with E-state index >= 15 is 0 Å². The molecule has 0 heterocycles. The fourth-order valence-corrected chi connectivity index (χ4v) is 2.62. The zero-order valence-electron chi connectivity index (χ0n) is 15.3. The molecule has 0 saturated heterocycles. The number of carbonyl (C=O) groups is 3. The molecule has 0 atom stereocenters. The summed E-state index contributed by atoms with van der Waals surface area (Å²) in [5, 5.41) is 14.0. The highest BCUT2D eigenvalue weighted by Crippen LogP contribution is 2.22. The van der Waals surface area contributed by atoms with Crippen LogP contribution in [0.25, 0.3) is 0 Å². The normalized spacial score (nSPS) is 11.0. The van der Waals surface area contributed by atoms with Gasteiger partial charge in [-0.1, -0.05) is 44.5 Å². The van der Waals surface area contributed by atoms with Gasteiger partial charge in [0.15, 0.2) is 0 Å². The second-order valence-electron chi connectivity index (χ2n) is 7.06. The summed E-state index contributed by atoms with van der Waals surface area (Å²) in [5.74, 6) is -1.96. The van der Waals surface area contributed by atoms with E-state index in [1.165, 1.54) is 18.2 Å². The molecule has 2 aromatic carbocycles. The second kappa shape index (κ2) is 8.22. The number of aromatic carboxylic acids is 1. The van der Waals surface area contributed by atoms with Crippen molar-refractivity contribution in [2.45, 2.75) is 26.2 Å². The summed E-state index contributed by atoms with van der Waals surface area (Å²) >= 11 is 5.86. The largest absolute Gasteiger partial charge is 0.478 e. The lowest BCUT2D eigenvalue weighted by molar-refractivity contribution is -0.115. The first-order valence-electron chi connectivity index (χ1n) is 8.29. The molecule has 0 spiro atoms. The lowest BCUT2D eigenvalue weighted by Crippen LogP contribution is -2.32. The average Bonchev–Trinajstić information content (AvgIpc) is 2.58. The number of carboxylic acids is 1. The van der Waals surface area contributed by atoms with Gasteiger partial charge in [-0.25, -0.2) is 4.79 Å². The summed E-state index contributed by atoms with van der Waals surface area (Å²) in [6, 6.07) is 11.3. The highest BCUT2D eigenvalue weighted by atomic mass is 35.5. The van der Waals surface area contributed by atoms with Gasteiger partial charge in [-0.05, 0) is 41.3 Å². The molecule has 0 fully saturated rings. The van der Waals surface area contributed by atoms with Gasteiger partial charge in [-0.2, -0.15) is 0 Å². The standard InChI is InChI=1S/C20H21ClN2O4/c1-20(2,3)13-6-4-12(5-7-13)18(25)22-11-17(24)23-14-8-9-15(19(26)27)16(21)10-14/h4-10H,11H2,1-3H3,(H,22,25)(H,23,24)(H,26,27). The number of benzene rings is 2. The topological polar surface area (TPSA) is 95.5 Å². The van der Waals surface area contributed by atoms with Gasteiger partial charge in [0, 0.05) is 11.3 Å². The zero-order valence-corrected chi connectivity index (χ0v) is 16.1. The third kappa shape index (κ3) is 5.56. The number of nitrogens with one attached hydrogen (secondary N) is 2. The summed E-state index contributed by atoms with van der Waals surface area (Å²) in [6.07, 6.45) is 0. The van der Waals surface area contributed by atoms with E-state index in [1.807, 2.05) is 12.1 Å². The Balaban J connectivity index is 1.92. The Morgan fingerprint density at radius 3 is 2.19 bits per heavy atom. The summed E-state index contributed by atoms with van der Waals surface area (Å²) in [7, 11) is 0. The van der Waals surface area contributed by atoms with E-state index in [0.29, 0.717) is 11.3 Å². The minimum Gasteiger partial charge on any atom is -0.478 e. The molecule has 7 heteroatoms. The van der Waals surface area contributed by atoms with Crippen molar-refractivity contribution in [3.05, 3.63) is 64.2 Å². The van der Waals surface area contributed by atoms with Crippen molar-refractivity contribution in [2.75, 3.05) is 11.9 Å². The molecule has 0 aliphatic heterocycles. The minimum atomic E-state index is -1.15. The van der Waals surface area contributed by atoms with Crippen molar-refractivity contribution in [3.63, 3.8) is 0 Å². The first kappa shape index (κ1) is 20.5. The van der Waals surface area contributed by atoms with Gasteiger partial charge in [0.05, 0.1) is 17.1 Å². The Hall–Kier alpha value is -2.86. The van der Waals surface area contributed by atoms with Gasteiger partial charge >= 0.3 is 5.97 Å². The number of amides is 2. The third-order valence-corrected chi connectivity index (χ3v) is 4.22. The quantitative estimate of drug-likeness (QED) is 0.727. The van der Waals surface area contributed by atoms with E-state index in [9.17, 15) is 14.4 Å². The second-order valence-corrected chi connectivity index (χ2v) is 7.47. The maximum atomic E-state index is 12.2. The van der Waals surface area contributed by atoms with Gasteiger partial charge in [0.1, 0.15) is 0 Å². The SMILES string of the molecule is CC(C)(C)c1ccc(C(=O)NCC(=O)Nc2ccc(C(=O)O)c(Cl)c2)cc1. The average molecular weight is 389 g/mol. The summed E-state index contributed by atoms with van der Waals surface area (Å²) < 4.78 is 0. The number of carboxylic acid groups (broad SMARTS) is 1. The number of hydrogen-bond donors (Lipinski definition) is 3. The molecule has 142 valence electrons. The molecular weight excluding hydrogens is 368 g/mol. The maximum Gasteiger partial charge on any atom is 0.337 e. The minimum absolute atomic E-state index is 0.00759. The number of hydrogen-bond acceptors (Lipinski definition) is 3. The molecule has 2 rings (SSSR count). The van der Waals surface area contributed by atoms with Gasteiger partial charge in [-0.15, -0.1) is 0 Å². The van der Waals surface area contributed by atoms with E-state index in [-0.39, 0.29) is 28.5 Å². The Morgan fingerprint density at radius 1 is 1.04 bits per heavy atom. The van der Waals surface area contributed by atoms with Crippen molar-refractivity contribution >= 4 is 35.1 Å². The monoisotopic (exact) mass is 388 g/mol. The molecule has 0 saturated carbocycles. The van der Waals surface area contributed by atoms with Crippen LogP contribution in [0.1, 0.15) is 47.1 Å². The molecule has 2 aromatic rings. The molecule has 0 radical (unpaired) electrons. The van der Waals surface area contributed by atoms with Crippen LogP contribution >= 0.6 is 11.6 Å². The third-order valence-electron chi connectivity index (χ3n) is 3.91. The molecular formula is C20H21ClN2O4. The lowest BCUT2D eigenvalue weighted by atomic mass is 9.87. The van der Waals surface area contributed by atoms with Crippen LogP contribution in [0.4, 0.5) is 5.69 Å². The van der Waals surface area contributed by atoms with E-state index < -0.39 is 11.9 Å². The molecule has 3 N–H and O–H groups in total. The summed E-state index contributed by atoms with van der Waals surface area (Å²) in [5.41, 5.74) is 1.86. The molecule has 0 aliphatic rings. The van der Waals surface area contributed by atoms with E-state index in [0.717, 1.165) is 5.56 Å². The van der Waals surface area contributed by atoms with Gasteiger partial charge < -0.3 is 15.7 Å². The number of carbonyl (C=O) groups excluding carboxylic acids is 2. The number of anilines is 1. The first-order chi connectivity index (χ1) is 12.6. The predicted molar refractivity (Wildman–Crippen MR) is 105 cm³/mol.